The van der Waals surface area contributed by atoms with Gasteiger partial charge in [-0.1, -0.05) is 48.2 Å². The van der Waals surface area contributed by atoms with Crippen LogP contribution in [0.25, 0.3) is 6.08 Å². The third kappa shape index (κ3) is 3.74. The third-order valence-corrected chi connectivity index (χ3v) is 5.03. The highest BCUT2D eigenvalue weighted by molar-refractivity contribution is 8.26. The third-order valence-electron chi connectivity index (χ3n) is 3.73. The van der Waals surface area contributed by atoms with Gasteiger partial charge in [-0.15, -0.1) is 0 Å². The average molecular weight is 400 g/mol. The molecule has 9 heteroatoms. The smallest absolute Gasteiger partial charge is 0.273 e. The van der Waals surface area contributed by atoms with Gasteiger partial charge >= 0.3 is 0 Å². The summed E-state index contributed by atoms with van der Waals surface area (Å²) in [6.45, 7) is 0. The highest BCUT2D eigenvalue weighted by atomic mass is 32.2. The molecule has 2 amide bonds. The van der Waals surface area contributed by atoms with E-state index in [1.165, 1.54) is 25.3 Å². The van der Waals surface area contributed by atoms with E-state index in [4.69, 9.17) is 17.0 Å². The van der Waals surface area contributed by atoms with Gasteiger partial charge in [0.2, 0.25) is 0 Å². The van der Waals surface area contributed by atoms with E-state index in [9.17, 15) is 19.7 Å². The molecule has 1 saturated heterocycles. The zero-order valence-corrected chi connectivity index (χ0v) is 15.6. The van der Waals surface area contributed by atoms with Crippen LogP contribution in [0.4, 0.5) is 5.69 Å². The molecule has 0 aromatic heterocycles. The number of amides is 2. The lowest BCUT2D eigenvalue weighted by molar-refractivity contribution is -0.384. The molecule has 7 nitrogen and oxygen atoms in total. The molecule has 27 heavy (non-hydrogen) atoms. The van der Waals surface area contributed by atoms with Gasteiger partial charge in [0.15, 0.2) is 4.32 Å². The summed E-state index contributed by atoms with van der Waals surface area (Å²) in [5.41, 5.74) is 0.443. The van der Waals surface area contributed by atoms with E-state index in [1.807, 2.05) is 0 Å². The lowest BCUT2D eigenvalue weighted by atomic mass is 10.1. The number of rotatable bonds is 4. The first-order valence-electron chi connectivity index (χ1n) is 7.62. The van der Waals surface area contributed by atoms with E-state index in [1.54, 1.807) is 30.3 Å². The van der Waals surface area contributed by atoms with Crippen LogP contribution in [-0.2, 0) is 4.79 Å². The minimum Gasteiger partial charge on any atom is -0.496 e. The maximum Gasteiger partial charge on any atom is 0.273 e. The molecule has 3 rings (SSSR count). The summed E-state index contributed by atoms with van der Waals surface area (Å²) in [5.74, 6) is -0.704. The predicted molar refractivity (Wildman–Crippen MR) is 105 cm³/mol. The van der Waals surface area contributed by atoms with Crippen LogP contribution < -0.4 is 4.74 Å². The molecule has 1 fully saturated rings. The van der Waals surface area contributed by atoms with Crippen LogP contribution in [0.3, 0.4) is 0 Å². The van der Waals surface area contributed by atoms with Crippen molar-refractivity contribution in [2.75, 3.05) is 7.11 Å². The van der Waals surface area contributed by atoms with Crippen molar-refractivity contribution in [2.24, 2.45) is 0 Å². The molecular formula is C18H12N2O5S2. The molecular weight excluding hydrogens is 388 g/mol. The fourth-order valence-electron chi connectivity index (χ4n) is 2.45. The molecule has 0 spiro atoms. The molecule has 0 radical (unpaired) electrons. The van der Waals surface area contributed by atoms with E-state index in [2.05, 4.69) is 0 Å². The number of hydrogen-bond donors (Lipinski definition) is 0. The molecule has 1 heterocycles. The molecule has 1 aliphatic rings. The van der Waals surface area contributed by atoms with Crippen molar-refractivity contribution in [1.82, 2.24) is 4.90 Å². The van der Waals surface area contributed by atoms with Crippen molar-refractivity contribution in [1.29, 1.82) is 0 Å². The lowest BCUT2D eigenvalue weighted by Crippen LogP contribution is -2.34. The summed E-state index contributed by atoms with van der Waals surface area (Å²) in [7, 11) is 1.52. The number of carbonyl (C=O) groups excluding carboxylic acids is 2. The first-order chi connectivity index (χ1) is 12.9. The predicted octanol–water partition coefficient (Wildman–Crippen LogP) is 3.65. The summed E-state index contributed by atoms with van der Waals surface area (Å²) in [6, 6.07) is 12.3. The Hall–Kier alpha value is -3.04. The Bertz CT molecular complexity index is 1000. The van der Waals surface area contributed by atoms with Crippen LogP contribution in [0.1, 0.15) is 15.9 Å². The van der Waals surface area contributed by atoms with Crippen LogP contribution in [0.2, 0.25) is 0 Å². The molecule has 0 unspecified atom stereocenters. The van der Waals surface area contributed by atoms with E-state index in [0.29, 0.717) is 11.3 Å². The fourth-order valence-corrected chi connectivity index (χ4v) is 3.70. The van der Waals surface area contributed by atoms with Gasteiger partial charge in [0.05, 0.1) is 16.9 Å². The summed E-state index contributed by atoms with van der Waals surface area (Å²) >= 11 is 6.16. The summed E-state index contributed by atoms with van der Waals surface area (Å²) in [6.07, 6.45) is 1.60. The van der Waals surface area contributed by atoms with Crippen molar-refractivity contribution >= 4 is 51.9 Å². The Morgan fingerprint density at radius 1 is 1.26 bits per heavy atom. The fraction of sp³-hybridized carbons (Fsp3) is 0.0556. The molecule has 0 aliphatic carbocycles. The monoisotopic (exact) mass is 400 g/mol. The zero-order valence-electron chi connectivity index (χ0n) is 13.9. The van der Waals surface area contributed by atoms with Gasteiger partial charge in [0.25, 0.3) is 17.5 Å². The molecule has 0 saturated carbocycles. The standard InChI is InChI=1S/C18H12N2O5S2/c1-25-14-8-3-2-5-11(14)10-15-17(22)19(18(26)27-15)16(21)12-6-4-7-13(9-12)20(23)24/h2-10H,1H3. The van der Waals surface area contributed by atoms with Crippen molar-refractivity contribution in [3.63, 3.8) is 0 Å². The first-order valence-corrected chi connectivity index (χ1v) is 8.84. The molecule has 136 valence electrons. The maximum atomic E-state index is 12.7. The number of para-hydroxylation sites is 1. The maximum absolute atomic E-state index is 12.7. The Balaban J connectivity index is 1.92. The van der Waals surface area contributed by atoms with Gasteiger partial charge in [-0.3, -0.25) is 19.7 Å². The Labute approximate surface area is 163 Å². The minimum absolute atomic E-state index is 0.0130. The lowest BCUT2D eigenvalue weighted by Gasteiger charge is -2.12. The topological polar surface area (TPSA) is 89.8 Å². The normalized spacial score (nSPS) is 15.3. The molecule has 2 aromatic rings. The van der Waals surface area contributed by atoms with Gasteiger partial charge in [-0.2, -0.15) is 0 Å². The number of non-ortho nitro benzene ring substituents is 1. The van der Waals surface area contributed by atoms with Gasteiger partial charge in [0, 0.05) is 23.3 Å². The van der Waals surface area contributed by atoms with Gasteiger partial charge in [-0.05, 0) is 18.2 Å². The number of methoxy groups -OCH3 is 1. The van der Waals surface area contributed by atoms with Crippen LogP contribution in [-0.4, -0.2) is 33.1 Å². The number of nitrogens with zero attached hydrogens (tertiary/aromatic N) is 2. The van der Waals surface area contributed by atoms with Crippen LogP contribution in [0.15, 0.2) is 53.4 Å². The van der Waals surface area contributed by atoms with Crippen LogP contribution in [0, 0.1) is 10.1 Å². The van der Waals surface area contributed by atoms with Crippen molar-refractivity contribution < 1.29 is 19.2 Å². The Morgan fingerprint density at radius 2 is 2.00 bits per heavy atom. The van der Waals surface area contributed by atoms with E-state index in [0.717, 1.165) is 22.7 Å². The second kappa shape index (κ2) is 7.68. The van der Waals surface area contributed by atoms with Crippen LogP contribution >= 0.6 is 24.0 Å². The zero-order chi connectivity index (χ0) is 19.6. The molecule has 0 N–H and O–H groups in total. The average Bonchev–Trinajstić information content (AvgIpc) is 2.95. The summed E-state index contributed by atoms with van der Waals surface area (Å²) < 4.78 is 5.32. The number of carbonyl (C=O) groups is 2. The van der Waals surface area contributed by atoms with Gasteiger partial charge in [-0.25, -0.2) is 4.90 Å². The Morgan fingerprint density at radius 3 is 2.70 bits per heavy atom. The number of thiocarbonyl (C=S) groups is 1. The number of benzene rings is 2. The second-order valence-corrected chi connectivity index (χ2v) is 7.05. The van der Waals surface area contributed by atoms with Crippen molar-refractivity contribution in [3.05, 3.63) is 74.7 Å². The summed E-state index contributed by atoms with van der Waals surface area (Å²) in [4.78, 5) is 36.8. The highest BCUT2D eigenvalue weighted by Crippen LogP contribution is 2.35. The number of thioether (sulfide) groups is 1. The number of ether oxygens (including phenoxy) is 1. The summed E-state index contributed by atoms with van der Waals surface area (Å²) in [5, 5.41) is 10.9. The second-order valence-electron chi connectivity index (χ2n) is 5.37. The molecule has 1 aliphatic heterocycles. The first kappa shape index (κ1) is 18.7. The van der Waals surface area contributed by atoms with E-state index in [-0.39, 0.29) is 20.5 Å². The van der Waals surface area contributed by atoms with Crippen molar-refractivity contribution in [2.45, 2.75) is 0 Å². The largest absolute Gasteiger partial charge is 0.496 e. The molecule has 2 aromatic carbocycles. The quantitative estimate of drug-likeness (QED) is 0.254. The Kier molecular flexibility index (Phi) is 5.33. The van der Waals surface area contributed by atoms with Crippen molar-refractivity contribution in [3.8, 4) is 5.75 Å². The van der Waals surface area contributed by atoms with Gasteiger partial charge in [0.1, 0.15) is 5.75 Å². The van der Waals surface area contributed by atoms with Gasteiger partial charge < -0.3 is 4.74 Å². The van der Waals surface area contributed by atoms with Crippen LogP contribution in [0.5, 0.6) is 5.75 Å². The number of hydrogen-bond acceptors (Lipinski definition) is 7. The molecule has 0 atom stereocenters. The highest BCUT2D eigenvalue weighted by Gasteiger charge is 2.37. The minimum atomic E-state index is -0.704. The SMILES string of the molecule is COc1ccccc1C=C1SC(=S)N(C(=O)c2cccc([N+](=O)[O-])c2)C1=O. The number of nitro benzene ring substituents is 1. The number of nitro groups is 1. The number of imide groups is 1. The molecule has 0 bridgehead atoms. The van der Waals surface area contributed by atoms with E-state index < -0.39 is 16.7 Å². The van der Waals surface area contributed by atoms with E-state index >= 15 is 0 Å².